The van der Waals surface area contributed by atoms with Gasteiger partial charge < -0.3 is 18.9 Å². The summed E-state index contributed by atoms with van der Waals surface area (Å²) in [5, 5.41) is 1.07. The Balaban J connectivity index is 1.09. The number of ketones is 1. The number of hydrogen-bond acceptors (Lipinski definition) is 5. The summed E-state index contributed by atoms with van der Waals surface area (Å²) in [4.78, 5) is 40.2. The van der Waals surface area contributed by atoms with Crippen molar-refractivity contribution in [1.29, 1.82) is 0 Å². The first-order chi connectivity index (χ1) is 19.9. The van der Waals surface area contributed by atoms with Gasteiger partial charge in [-0.3, -0.25) is 14.4 Å². The minimum atomic E-state index is -0.599. The number of nitrogens with zero attached hydrogens (tertiary/aromatic N) is 2. The highest BCUT2D eigenvalue weighted by Crippen LogP contribution is 2.43. The summed E-state index contributed by atoms with van der Waals surface area (Å²) in [6.45, 7) is 3.14. The zero-order chi connectivity index (χ0) is 28.3. The summed E-state index contributed by atoms with van der Waals surface area (Å²) in [5.74, 6) is 3.52. The van der Waals surface area contributed by atoms with E-state index in [0.29, 0.717) is 63.9 Å². The number of likely N-dealkylation sites (tertiary alicyclic amines) is 1. The van der Waals surface area contributed by atoms with Crippen molar-refractivity contribution in [3.8, 4) is 11.5 Å². The molecule has 1 atom stereocenters. The van der Waals surface area contributed by atoms with Gasteiger partial charge in [0.1, 0.15) is 23.4 Å². The van der Waals surface area contributed by atoms with Gasteiger partial charge in [-0.15, -0.1) is 0 Å². The number of Topliss-reactive ketones (excluding diaryl/α,β-unsaturated/α-hetero) is 1. The maximum atomic E-state index is 13.7. The highest BCUT2D eigenvalue weighted by Gasteiger charge is 2.44. The summed E-state index contributed by atoms with van der Waals surface area (Å²) in [7, 11) is 2.22. The fourth-order valence-electron chi connectivity index (χ4n) is 6.55. The molecule has 2 aromatic carbocycles. The van der Waals surface area contributed by atoms with Crippen molar-refractivity contribution in [2.45, 2.75) is 50.7 Å². The Kier molecular flexibility index (Phi) is 6.39. The van der Waals surface area contributed by atoms with E-state index in [1.54, 1.807) is 7.11 Å². The first-order valence-electron chi connectivity index (χ1n) is 14.3. The van der Waals surface area contributed by atoms with Crippen molar-refractivity contribution in [3.05, 3.63) is 76.2 Å². The van der Waals surface area contributed by atoms with Crippen LogP contribution in [0.2, 0.25) is 0 Å². The molecule has 4 heterocycles. The number of aryl methyl sites for hydroxylation is 1. The third kappa shape index (κ3) is 4.61. The Morgan fingerprint density at radius 2 is 1.98 bits per heavy atom. The monoisotopic (exact) mass is 568 g/mol. The summed E-state index contributed by atoms with van der Waals surface area (Å²) < 4.78 is 14.5. The third-order valence-electron chi connectivity index (χ3n) is 8.93. The molecule has 2 fully saturated rings. The van der Waals surface area contributed by atoms with Gasteiger partial charge in [-0.1, -0.05) is 20.5 Å². The van der Waals surface area contributed by atoms with E-state index in [1.165, 1.54) is 0 Å². The fraction of sp³-hybridized carbons (Fsp3) is 0.364. The lowest BCUT2D eigenvalue weighted by molar-refractivity contribution is -0.104. The predicted molar refractivity (Wildman–Crippen MR) is 161 cm³/mol. The number of fused-ring (bicyclic) bond motifs is 2. The van der Waals surface area contributed by atoms with Gasteiger partial charge in [0, 0.05) is 49.1 Å². The molecule has 7 rings (SSSR count). The number of ether oxygens (including phenoxy) is 2. The van der Waals surface area contributed by atoms with Crippen LogP contribution in [0.25, 0.3) is 16.5 Å². The Morgan fingerprint density at radius 1 is 1.17 bits per heavy atom. The van der Waals surface area contributed by atoms with Crippen LogP contribution < -0.4 is 9.47 Å². The highest BCUT2D eigenvalue weighted by molar-refractivity contribution is 7.42. The Labute approximate surface area is 241 Å². The molecule has 1 aliphatic carbocycles. The van der Waals surface area contributed by atoms with Crippen molar-refractivity contribution in [2.75, 3.05) is 26.4 Å². The molecule has 8 heteroatoms. The molecule has 1 saturated carbocycles. The summed E-state index contributed by atoms with van der Waals surface area (Å²) >= 11 is 0. The summed E-state index contributed by atoms with van der Waals surface area (Å²) in [5.41, 5.74) is 5.54. The summed E-state index contributed by atoms with van der Waals surface area (Å²) in [6.07, 6.45) is 9.59. The van der Waals surface area contributed by atoms with E-state index in [-0.39, 0.29) is 11.7 Å². The predicted octanol–water partition coefficient (Wildman–Crippen LogP) is 6.09. The Hall–Kier alpha value is -3.70. The largest absolute Gasteiger partial charge is 0.496 e. The normalized spacial score (nSPS) is 20.4. The maximum absolute atomic E-state index is 13.7. The van der Waals surface area contributed by atoms with E-state index >= 15 is 0 Å². The molecule has 0 bridgehead atoms. The minimum Gasteiger partial charge on any atom is -0.496 e. The number of amides is 1. The van der Waals surface area contributed by atoms with E-state index in [4.69, 9.17) is 9.47 Å². The number of benzene rings is 2. The molecular weight excluding hydrogens is 535 g/mol. The van der Waals surface area contributed by atoms with Crippen molar-refractivity contribution in [2.24, 2.45) is 0 Å². The van der Waals surface area contributed by atoms with Crippen molar-refractivity contribution in [1.82, 2.24) is 9.47 Å². The van der Waals surface area contributed by atoms with Gasteiger partial charge in [0.05, 0.1) is 24.6 Å². The highest BCUT2D eigenvalue weighted by atomic mass is 31.1. The van der Waals surface area contributed by atoms with Crippen LogP contribution in [0.1, 0.15) is 70.0 Å². The van der Waals surface area contributed by atoms with Crippen LogP contribution >= 0.6 is 8.58 Å². The van der Waals surface area contributed by atoms with Crippen LogP contribution in [0.15, 0.2) is 54.0 Å². The fourth-order valence-corrected chi connectivity index (χ4v) is 7.54. The zero-order valence-corrected chi connectivity index (χ0v) is 24.4. The SMILES string of the molecule is COc1cc(C(=O)N2CCC3(CC2)CC(=O)c2cc(C4=CPCC(C=O)=C4)ccc2O3)cc2c1c(C)cn2C1CC1. The molecule has 1 unspecified atom stereocenters. The molecule has 1 saturated heterocycles. The number of carbonyl (C=O) groups is 3. The number of allylic oxidation sites excluding steroid dienone is 3. The smallest absolute Gasteiger partial charge is 0.254 e. The van der Waals surface area contributed by atoms with Gasteiger partial charge in [0.15, 0.2) is 5.78 Å². The third-order valence-corrected chi connectivity index (χ3v) is 10.1. The van der Waals surface area contributed by atoms with E-state index in [0.717, 1.165) is 64.2 Å². The number of aromatic nitrogens is 1. The average Bonchev–Trinajstić information content (AvgIpc) is 3.79. The second kappa shape index (κ2) is 9.99. The van der Waals surface area contributed by atoms with Crippen molar-refractivity contribution in [3.63, 3.8) is 0 Å². The quantitative estimate of drug-likeness (QED) is 0.275. The molecule has 1 amide bonds. The van der Waals surface area contributed by atoms with Crippen LogP contribution in [0.4, 0.5) is 0 Å². The average molecular weight is 569 g/mol. The minimum absolute atomic E-state index is 0.0161. The van der Waals surface area contributed by atoms with Gasteiger partial charge >= 0.3 is 0 Å². The van der Waals surface area contributed by atoms with Gasteiger partial charge in [-0.25, -0.2) is 0 Å². The lowest BCUT2D eigenvalue weighted by Crippen LogP contribution is -2.52. The molecule has 3 aromatic rings. The van der Waals surface area contributed by atoms with E-state index < -0.39 is 5.60 Å². The Bertz CT molecular complexity index is 1670. The standard InChI is InChI=1S/C33H33N2O5P/c1-20-16-35(25-4-5-25)27-13-23(14-30(39-2)31(20)27)32(38)34-9-7-33(8-10-34)15-28(37)26-12-22(3-6-29(26)40-33)24-11-21(17-36)18-41-19-24/h3,6,11-14,16-17,19,25,41H,4-5,7-10,15,18H2,1-2H3. The molecule has 3 aliphatic heterocycles. The van der Waals surface area contributed by atoms with Crippen LogP contribution in [0.3, 0.4) is 0 Å². The number of aldehydes is 1. The first kappa shape index (κ1) is 26.2. The molecule has 4 aliphatic rings. The molecule has 7 nitrogen and oxygen atoms in total. The number of rotatable bonds is 5. The van der Waals surface area contributed by atoms with Gasteiger partial charge in [-0.05, 0) is 78.5 Å². The maximum Gasteiger partial charge on any atom is 0.254 e. The van der Waals surface area contributed by atoms with Crippen LogP contribution in [0, 0.1) is 6.92 Å². The molecule has 210 valence electrons. The van der Waals surface area contributed by atoms with Crippen LogP contribution in [-0.2, 0) is 4.79 Å². The van der Waals surface area contributed by atoms with E-state index in [2.05, 4.69) is 23.5 Å². The van der Waals surface area contributed by atoms with E-state index in [1.807, 2.05) is 41.3 Å². The van der Waals surface area contributed by atoms with Gasteiger partial charge in [-0.2, -0.15) is 0 Å². The first-order valence-corrected chi connectivity index (χ1v) is 15.6. The number of hydrogen-bond donors (Lipinski definition) is 0. The number of piperidine rings is 1. The number of methoxy groups -OCH3 is 1. The lowest BCUT2D eigenvalue weighted by atomic mass is 9.82. The van der Waals surface area contributed by atoms with Crippen molar-refractivity contribution >= 4 is 43.0 Å². The topological polar surface area (TPSA) is 77.8 Å². The molecule has 0 radical (unpaired) electrons. The van der Waals surface area contributed by atoms with Crippen molar-refractivity contribution < 1.29 is 23.9 Å². The van der Waals surface area contributed by atoms with E-state index in [9.17, 15) is 14.4 Å². The number of carbonyl (C=O) groups excluding carboxylic acids is 3. The molecular formula is C33H33N2O5P. The molecule has 1 spiro atoms. The summed E-state index contributed by atoms with van der Waals surface area (Å²) in [6, 6.07) is 10.1. The second-order valence-corrected chi connectivity index (χ2v) is 12.8. The lowest BCUT2D eigenvalue weighted by Gasteiger charge is -2.44. The van der Waals surface area contributed by atoms with Crippen LogP contribution in [-0.4, -0.2) is 59.4 Å². The molecule has 1 aromatic heterocycles. The molecule has 41 heavy (non-hydrogen) atoms. The molecule has 0 N–H and O–H groups in total. The Morgan fingerprint density at radius 3 is 2.71 bits per heavy atom. The van der Waals surface area contributed by atoms with Gasteiger partial charge in [0.25, 0.3) is 5.91 Å². The van der Waals surface area contributed by atoms with Crippen LogP contribution in [0.5, 0.6) is 11.5 Å². The second-order valence-electron chi connectivity index (χ2n) is 11.7. The zero-order valence-electron chi connectivity index (χ0n) is 23.4. The van der Waals surface area contributed by atoms with Gasteiger partial charge in [0.2, 0.25) is 0 Å².